The summed E-state index contributed by atoms with van der Waals surface area (Å²) in [4.78, 5) is 52.4. The molecule has 3 aliphatic rings. The van der Waals surface area contributed by atoms with Crippen LogP contribution in [-0.2, 0) is 20.9 Å². The van der Waals surface area contributed by atoms with Gasteiger partial charge in [-0.25, -0.2) is 9.69 Å². The molecule has 0 aromatic carbocycles. The number of carbonyl (C=O) groups excluding carboxylic acids is 4. The summed E-state index contributed by atoms with van der Waals surface area (Å²) in [5, 5.41) is 0. The summed E-state index contributed by atoms with van der Waals surface area (Å²) in [5.74, 6) is -2.11. The molecule has 2 aliphatic heterocycles. The lowest BCUT2D eigenvalue weighted by Crippen LogP contribution is -2.37. The molecule has 2 saturated heterocycles. The van der Waals surface area contributed by atoms with E-state index in [1.807, 2.05) is 18.4 Å². The second-order valence-electron chi connectivity index (χ2n) is 8.94. The number of Topliss-reactive ketones (excluding diaryl/α,β-unsaturated/α-hetero) is 1. The van der Waals surface area contributed by atoms with Gasteiger partial charge in [0.05, 0.1) is 12.6 Å². The van der Waals surface area contributed by atoms with E-state index in [9.17, 15) is 19.2 Å². The zero-order valence-corrected chi connectivity index (χ0v) is 18.9. The third-order valence-corrected chi connectivity index (χ3v) is 6.76. The zero-order chi connectivity index (χ0) is 22.8. The Hall–Kier alpha value is -2.74. The van der Waals surface area contributed by atoms with E-state index < -0.39 is 24.4 Å². The molecule has 1 aromatic heterocycles. The monoisotopic (exact) mass is 441 g/mol. The number of carbonyl (C=O) groups is 4. The van der Waals surface area contributed by atoms with Gasteiger partial charge in [-0.15, -0.1) is 0 Å². The maximum atomic E-state index is 13.0. The number of aryl methyl sites for hydroxylation is 1. The highest BCUT2D eigenvalue weighted by molar-refractivity contribution is 6.45. The van der Waals surface area contributed by atoms with E-state index in [1.54, 1.807) is 6.07 Å². The van der Waals surface area contributed by atoms with Crippen molar-refractivity contribution in [2.75, 3.05) is 19.7 Å². The van der Waals surface area contributed by atoms with Crippen molar-refractivity contribution in [3.05, 3.63) is 34.7 Å². The standard InChI is InChI=1S/C24H31N3O5/c1-16-13-20(17(2)26(16)14-19-9-6-12-32-19)21(28)15-27-23(30)22(29)25(24(27)31)11-10-18-7-4-3-5-8-18/h7,13,19H,3-6,8-12,14-15H2,1-2H3. The van der Waals surface area contributed by atoms with Crippen LogP contribution in [-0.4, -0.2) is 63.8 Å². The van der Waals surface area contributed by atoms with Gasteiger partial charge in [-0.2, -0.15) is 0 Å². The number of aromatic nitrogens is 1. The molecule has 0 radical (unpaired) electrons. The van der Waals surface area contributed by atoms with Crippen molar-refractivity contribution in [2.24, 2.45) is 0 Å². The Labute approximate surface area is 188 Å². The number of ether oxygens (including phenoxy) is 1. The van der Waals surface area contributed by atoms with Gasteiger partial charge in [-0.3, -0.25) is 19.3 Å². The smallest absolute Gasteiger partial charge is 0.334 e. The fourth-order valence-electron chi connectivity index (χ4n) is 4.86. The molecular weight excluding hydrogens is 410 g/mol. The van der Waals surface area contributed by atoms with Crippen molar-refractivity contribution in [1.29, 1.82) is 0 Å². The van der Waals surface area contributed by atoms with Crippen LogP contribution in [0.25, 0.3) is 0 Å². The summed E-state index contributed by atoms with van der Waals surface area (Å²) in [6.45, 7) is 4.97. The van der Waals surface area contributed by atoms with Crippen molar-refractivity contribution in [3.8, 4) is 0 Å². The maximum absolute atomic E-state index is 13.0. The molecule has 32 heavy (non-hydrogen) atoms. The number of hydrogen-bond donors (Lipinski definition) is 0. The third kappa shape index (κ3) is 4.41. The molecule has 4 rings (SSSR count). The van der Waals surface area contributed by atoms with Crippen molar-refractivity contribution in [3.63, 3.8) is 0 Å². The molecule has 0 saturated carbocycles. The first-order valence-corrected chi connectivity index (χ1v) is 11.5. The number of rotatable bonds is 8. The van der Waals surface area contributed by atoms with Crippen LogP contribution in [0.3, 0.4) is 0 Å². The first-order valence-electron chi connectivity index (χ1n) is 11.5. The van der Waals surface area contributed by atoms with E-state index in [0.717, 1.165) is 66.3 Å². The van der Waals surface area contributed by atoms with Gasteiger partial charge in [0.25, 0.3) is 0 Å². The number of hydrogen-bond acceptors (Lipinski definition) is 5. The summed E-state index contributed by atoms with van der Waals surface area (Å²) >= 11 is 0. The molecule has 1 aromatic rings. The maximum Gasteiger partial charge on any atom is 0.334 e. The van der Waals surface area contributed by atoms with Crippen LogP contribution in [0.2, 0.25) is 0 Å². The van der Waals surface area contributed by atoms with Crippen molar-refractivity contribution in [2.45, 2.75) is 71.4 Å². The summed E-state index contributed by atoms with van der Waals surface area (Å²) < 4.78 is 7.76. The molecule has 0 spiro atoms. The van der Waals surface area contributed by atoms with E-state index >= 15 is 0 Å². The van der Waals surface area contributed by atoms with Gasteiger partial charge in [0.15, 0.2) is 5.78 Å². The average molecular weight is 442 g/mol. The Morgan fingerprint density at radius 1 is 1.09 bits per heavy atom. The third-order valence-electron chi connectivity index (χ3n) is 6.76. The van der Waals surface area contributed by atoms with Crippen LogP contribution in [0.1, 0.15) is 66.7 Å². The predicted octanol–water partition coefficient (Wildman–Crippen LogP) is 3.15. The molecule has 1 unspecified atom stereocenters. The highest BCUT2D eigenvalue weighted by Gasteiger charge is 2.45. The summed E-state index contributed by atoms with van der Waals surface area (Å²) in [5.41, 5.74) is 3.41. The highest BCUT2D eigenvalue weighted by atomic mass is 16.5. The number of allylic oxidation sites excluding steroid dienone is 1. The van der Waals surface area contributed by atoms with Gasteiger partial charge in [0.1, 0.15) is 0 Å². The SMILES string of the molecule is Cc1cc(C(=O)CN2C(=O)C(=O)N(CCC3=CCCCC3)C2=O)c(C)n1CC1CCCO1. The first kappa shape index (κ1) is 22.5. The molecule has 8 nitrogen and oxygen atoms in total. The van der Waals surface area contributed by atoms with Gasteiger partial charge in [-0.05, 0) is 64.9 Å². The van der Waals surface area contributed by atoms with Gasteiger partial charge in [-0.1, -0.05) is 11.6 Å². The van der Waals surface area contributed by atoms with Crippen LogP contribution in [0.5, 0.6) is 0 Å². The number of ketones is 1. The number of nitrogens with zero attached hydrogens (tertiary/aromatic N) is 3. The minimum absolute atomic E-state index is 0.134. The Balaban J connectivity index is 1.42. The number of urea groups is 1. The summed E-state index contributed by atoms with van der Waals surface area (Å²) in [7, 11) is 0. The average Bonchev–Trinajstić information content (AvgIpc) is 3.45. The molecule has 4 amide bonds. The van der Waals surface area contributed by atoms with Gasteiger partial charge in [0.2, 0.25) is 0 Å². The molecular formula is C24H31N3O5. The van der Waals surface area contributed by atoms with E-state index in [-0.39, 0.29) is 18.4 Å². The van der Waals surface area contributed by atoms with E-state index in [1.165, 1.54) is 5.57 Å². The highest BCUT2D eigenvalue weighted by Crippen LogP contribution is 2.24. The molecule has 0 N–H and O–H groups in total. The molecule has 172 valence electrons. The zero-order valence-electron chi connectivity index (χ0n) is 18.9. The lowest BCUT2D eigenvalue weighted by atomic mass is 9.97. The molecule has 8 heteroatoms. The van der Waals surface area contributed by atoms with Crippen LogP contribution in [0.4, 0.5) is 4.79 Å². The number of imide groups is 2. The van der Waals surface area contributed by atoms with Crippen LogP contribution < -0.4 is 0 Å². The first-order chi connectivity index (χ1) is 15.4. The lowest BCUT2D eigenvalue weighted by Gasteiger charge is -2.17. The molecule has 2 fully saturated rings. The Kier molecular flexibility index (Phi) is 6.60. The Morgan fingerprint density at radius 3 is 2.56 bits per heavy atom. The Morgan fingerprint density at radius 2 is 1.88 bits per heavy atom. The lowest BCUT2D eigenvalue weighted by molar-refractivity contribution is -0.143. The minimum Gasteiger partial charge on any atom is -0.376 e. The van der Waals surface area contributed by atoms with Gasteiger partial charge in [0, 0.05) is 36.6 Å². The second kappa shape index (κ2) is 9.40. The van der Waals surface area contributed by atoms with E-state index in [4.69, 9.17) is 4.74 Å². The minimum atomic E-state index is -0.922. The molecule has 3 heterocycles. The normalized spacial score (nSPS) is 21.6. The van der Waals surface area contributed by atoms with Gasteiger partial charge < -0.3 is 9.30 Å². The molecule has 0 bridgehead atoms. The quantitative estimate of drug-likeness (QED) is 0.268. The number of amides is 4. The fraction of sp³-hybridized carbons (Fsp3) is 0.583. The summed E-state index contributed by atoms with van der Waals surface area (Å²) in [6.07, 6.45) is 9.15. The van der Waals surface area contributed by atoms with E-state index in [0.29, 0.717) is 18.5 Å². The molecule has 1 aliphatic carbocycles. The van der Waals surface area contributed by atoms with Crippen molar-refractivity contribution < 1.29 is 23.9 Å². The topological polar surface area (TPSA) is 88.9 Å². The fourth-order valence-corrected chi connectivity index (χ4v) is 4.86. The van der Waals surface area contributed by atoms with Crippen LogP contribution >= 0.6 is 0 Å². The molecule has 1 atom stereocenters. The van der Waals surface area contributed by atoms with E-state index in [2.05, 4.69) is 6.08 Å². The van der Waals surface area contributed by atoms with Crippen molar-refractivity contribution in [1.82, 2.24) is 14.4 Å². The van der Waals surface area contributed by atoms with Crippen LogP contribution in [0, 0.1) is 13.8 Å². The predicted molar refractivity (Wildman–Crippen MR) is 117 cm³/mol. The largest absolute Gasteiger partial charge is 0.376 e. The van der Waals surface area contributed by atoms with Crippen LogP contribution in [0.15, 0.2) is 17.7 Å². The van der Waals surface area contributed by atoms with Gasteiger partial charge >= 0.3 is 17.8 Å². The Bertz CT molecular complexity index is 971. The summed E-state index contributed by atoms with van der Waals surface area (Å²) in [6, 6.07) is 1.09. The second-order valence-corrected chi connectivity index (χ2v) is 8.94. The van der Waals surface area contributed by atoms with Crippen molar-refractivity contribution >= 4 is 23.6 Å².